The van der Waals surface area contributed by atoms with Crippen LogP contribution < -0.4 is 5.32 Å². The summed E-state index contributed by atoms with van der Waals surface area (Å²) in [6.07, 6.45) is 4.98. The normalized spacial score (nSPS) is 31.6. The fourth-order valence-electron chi connectivity index (χ4n) is 4.28. The highest BCUT2D eigenvalue weighted by Gasteiger charge is 2.41. The fraction of sp³-hybridized carbons (Fsp3) is 0.875. The summed E-state index contributed by atoms with van der Waals surface area (Å²) in [5.41, 5.74) is -0.549. The average Bonchev–Trinajstić information content (AvgIpc) is 3.08. The van der Waals surface area contributed by atoms with Crippen LogP contribution in [0.3, 0.4) is 0 Å². The zero-order valence-electron chi connectivity index (χ0n) is 13.0. The largest absolute Gasteiger partial charge is 0.326 e. The molecule has 0 radical (unpaired) electrons. The van der Waals surface area contributed by atoms with Crippen molar-refractivity contribution >= 4 is 5.91 Å². The van der Waals surface area contributed by atoms with Crippen LogP contribution >= 0.6 is 0 Å². The number of fused-ring (bicyclic) bond motifs is 1. The van der Waals surface area contributed by atoms with E-state index in [1.54, 1.807) is 4.90 Å². The highest BCUT2D eigenvalue weighted by molar-refractivity contribution is 5.79. The number of nitrogens with zero attached hydrogens (tertiary/aromatic N) is 3. The van der Waals surface area contributed by atoms with Crippen LogP contribution in [0.1, 0.15) is 32.1 Å². The van der Waals surface area contributed by atoms with Gasteiger partial charge in [0.2, 0.25) is 5.91 Å². The molecule has 0 aromatic carbocycles. The van der Waals surface area contributed by atoms with Crippen molar-refractivity contribution in [3.63, 3.8) is 0 Å². The van der Waals surface area contributed by atoms with Crippen LogP contribution in [0.25, 0.3) is 0 Å². The molecule has 0 bridgehead atoms. The van der Waals surface area contributed by atoms with E-state index in [1.165, 1.54) is 6.42 Å². The van der Waals surface area contributed by atoms with Crippen molar-refractivity contribution in [2.24, 2.45) is 11.8 Å². The summed E-state index contributed by atoms with van der Waals surface area (Å²) >= 11 is 0. The van der Waals surface area contributed by atoms with E-state index in [2.05, 4.69) is 16.3 Å². The van der Waals surface area contributed by atoms with Gasteiger partial charge in [-0.25, -0.2) is 0 Å². The third-order valence-corrected chi connectivity index (χ3v) is 5.73. The van der Waals surface area contributed by atoms with Crippen molar-refractivity contribution in [1.29, 1.82) is 5.26 Å². The molecule has 2 saturated heterocycles. The predicted molar refractivity (Wildman–Crippen MR) is 80.5 cm³/mol. The van der Waals surface area contributed by atoms with Gasteiger partial charge in [0.15, 0.2) is 0 Å². The first kappa shape index (κ1) is 14.8. The molecule has 1 amide bonds. The molecule has 1 N–H and O–H groups in total. The molecule has 21 heavy (non-hydrogen) atoms. The lowest BCUT2D eigenvalue weighted by Gasteiger charge is -2.39. The second kappa shape index (κ2) is 5.94. The van der Waals surface area contributed by atoms with E-state index < -0.39 is 5.54 Å². The van der Waals surface area contributed by atoms with Crippen LogP contribution in [-0.4, -0.2) is 61.0 Å². The minimum absolute atomic E-state index is 0.117. The Morgan fingerprint density at radius 1 is 1.29 bits per heavy atom. The highest BCUT2D eigenvalue weighted by Crippen LogP contribution is 2.33. The second-order valence-corrected chi connectivity index (χ2v) is 7.03. The Morgan fingerprint density at radius 2 is 1.90 bits per heavy atom. The summed E-state index contributed by atoms with van der Waals surface area (Å²) in [5.74, 6) is 1.54. The van der Waals surface area contributed by atoms with Gasteiger partial charge in [-0.1, -0.05) is 19.3 Å². The summed E-state index contributed by atoms with van der Waals surface area (Å²) < 4.78 is 0. The molecule has 2 aliphatic heterocycles. The van der Waals surface area contributed by atoms with Crippen LogP contribution in [0.5, 0.6) is 0 Å². The van der Waals surface area contributed by atoms with Gasteiger partial charge in [0.1, 0.15) is 5.54 Å². The number of likely N-dealkylation sites (tertiary alicyclic amines) is 1. The van der Waals surface area contributed by atoms with Crippen molar-refractivity contribution in [3.05, 3.63) is 0 Å². The molecule has 5 nitrogen and oxygen atoms in total. The summed E-state index contributed by atoms with van der Waals surface area (Å²) in [6.45, 7) is 4.71. The van der Waals surface area contributed by atoms with Gasteiger partial charge in [-0.2, -0.15) is 5.26 Å². The van der Waals surface area contributed by atoms with E-state index in [0.717, 1.165) is 51.9 Å². The number of carbonyl (C=O) groups excluding carboxylic acids is 1. The predicted octanol–water partition coefficient (Wildman–Crippen LogP) is 0.822. The van der Waals surface area contributed by atoms with Crippen LogP contribution in [0.2, 0.25) is 0 Å². The van der Waals surface area contributed by atoms with E-state index >= 15 is 0 Å². The zero-order valence-corrected chi connectivity index (χ0v) is 13.0. The summed E-state index contributed by atoms with van der Waals surface area (Å²) in [4.78, 5) is 16.6. The molecule has 116 valence electrons. The smallest absolute Gasteiger partial charge is 0.237 e. The van der Waals surface area contributed by atoms with Gasteiger partial charge in [-0.15, -0.1) is 0 Å². The molecular formula is C16H26N4O. The van der Waals surface area contributed by atoms with E-state index in [-0.39, 0.29) is 5.91 Å². The van der Waals surface area contributed by atoms with Gasteiger partial charge >= 0.3 is 0 Å². The number of rotatable bonds is 3. The summed E-state index contributed by atoms with van der Waals surface area (Å²) in [7, 11) is 1.83. The molecule has 3 fully saturated rings. The van der Waals surface area contributed by atoms with Crippen molar-refractivity contribution in [2.75, 3.05) is 39.8 Å². The van der Waals surface area contributed by atoms with Crippen LogP contribution in [0.4, 0.5) is 0 Å². The first-order chi connectivity index (χ1) is 10.1. The Kier molecular flexibility index (Phi) is 4.19. The van der Waals surface area contributed by atoms with Gasteiger partial charge in [-0.05, 0) is 37.8 Å². The Bertz CT molecular complexity index is 426. The average molecular weight is 290 g/mol. The number of amides is 1. The molecule has 0 spiro atoms. The standard InChI is InChI=1S/C16H26N4O/c1-19(16(12-17)5-3-2-4-6-16)15(21)11-20-9-13-7-18-8-14(13)10-20/h13-14,18H,2-11H2,1H3. The Labute approximate surface area is 127 Å². The van der Waals surface area contributed by atoms with Crippen LogP contribution in [0, 0.1) is 23.2 Å². The summed E-state index contributed by atoms with van der Waals surface area (Å²) in [5, 5.41) is 13.0. The second-order valence-electron chi connectivity index (χ2n) is 7.03. The topological polar surface area (TPSA) is 59.4 Å². The molecule has 3 aliphatic rings. The molecule has 1 aliphatic carbocycles. The lowest BCUT2D eigenvalue weighted by molar-refractivity contribution is -0.135. The third kappa shape index (κ3) is 2.79. The van der Waals surface area contributed by atoms with E-state index in [0.29, 0.717) is 18.4 Å². The molecule has 2 unspecified atom stereocenters. The quantitative estimate of drug-likeness (QED) is 0.836. The molecule has 5 heteroatoms. The fourth-order valence-corrected chi connectivity index (χ4v) is 4.28. The monoisotopic (exact) mass is 290 g/mol. The minimum atomic E-state index is -0.549. The van der Waals surface area contributed by atoms with E-state index in [1.807, 2.05) is 7.05 Å². The molecule has 0 aromatic rings. The number of likely N-dealkylation sites (N-methyl/N-ethyl adjacent to an activating group) is 1. The molecular weight excluding hydrogens is 264 g/mol. The van der Waals surface area contributed by atoms with Crippen molar-refractivity contribution in [3.8, 4) is 6.07 Å². The first-order valence-corrected chi connectivity index (χ1v) is 8.25. The first-order valence-electron chi connectivity index (χ1n) is 8.25. The maximum atomic E-state index is 12.6. The molecule has 2 atom stereocenters. The maximum absolute atomic E-state index is 12.6. The number of carbonyl (C=O) groups is 1. The van der Waals surface area contributed by atoms with Crippen molar-refractivity contribution < 1.29 is 4.79 Å². The summed E-state index contributed by atoms with van der Waals surface area (Å²) in [6, 6.07) is 2.44. The van der Waals surface area contributed by atoms with Gasteiger partial charge in [0.05, 0.1) is 12.6 Å². The SMILES string of the molecule is CN(C(=O)CN1CC2CNCC2C1)C1(C#N)CCCCC1. The van der Waals surface area contributed by atoms with E-state index in [9.17, 15) is 10.1 Å². The van der Waals surface area contributed by atoms with Gasteiger partial charge in [-0.3, -0.25) is 9.69 Å². The highest BCUT2D eigenvalue weighted by atomic mass is 16.2. The number of hydrogen-bond acceptors (Lipinski definition) is 4. The molecule has 3 rings (SSSR count). The number of nitriles is 1. The Morgan fingerprint density at radius 3 is 2.48 bits per heavy atom. The molecule has 0 aromatic heterocycles. The van der Waals surface area contributed by atoms with Gasteiger partial charge in [0, 0.05) is 20.1 Å². The lowest BCUT2D eigenvalue weighted by atomic mass is 9.81. The Hall–Kier alpha value is -1.12. The maximum Gasteiger partial charge on any atom is 0.237 e. The number of hydrogen-bond donors (Lipinski definition) is 1. The zero-order chi connectivity index (χ0) is 14.9. The van der Waals surface area contributed by atoms with Gasteiger partial charge in [0.25, 0.3) is 0 Å². The van der Waals surface area contributed by atoms with Gasteiger partial charge < -0.3 is 10.2 Å². The minimum Gasteiger partial charge on any atom is -0.326 e. The lowest BCUT2D eigenvalue weighted by Crippen LogP contribution is -2.52. The molecule has 2 heterocycles. The molecule has 1 saturated carbocycles. The van der Waals surface area contributed by atoms with Crippen LogP contribution in [-0.2, 0) is 4.79 Å². The third-order valence-electron chi connectivity index (χ3n) is 5.73. The van der Waals surface area contributed by atoms with Crippen molar-refractivity contribution in [1.82, 2.24) is 15.1 Å². The van der Waals surface area contributed by atoms with E-state index in [4.69, 9.17) is 0 Å². The van der Waals surface area contributed by atoms with Crippen molar-refractivity contribution in [2.45, 2.75) is 37.6 Å². The van der Waals surface area contributed by atoms with Crippen LogP contribution in [0.15, 0.2) is 0 Å². The Balaban J connectivity index is 1.58. The number of nitrogens with one attached hydrogen (secondary N) is 1.